The third kappa shape index (κ3) is 4.34. The van der Waals surface area contributed by atoms with E-state index in [0.29, 0.717) is 24.2 Å². The van der Waals surface area contributed by atoms with E-state index in [-0.39, 0.29) is 18.2 Å². The van der Waals surface area contributed by atoms with E-state index >= 15 is 0 Å². The molecular formula is C21H22N2O4. The third-order valence-electron chi connectivity index (χ3n) is 4.74. The highest BCUT2D eigenvalue weighted by atomic mass is 16.4. The molecule has 1 heterocycles. The summed E-state index contributed by atoms with van der Waals surface area (Å²) >= 11 is 0. The van der Waals surface area contributed by atoms with E-state index in [1.165, 1.54) is 0 Å². The SMILES string of the molecule is Cc1ccccc1[C@@H](CC(=O)O)NC(=O)c1cccc(N2CCCC2=O)c1. The maximum absolute atomic E-state index is 12.8. The molecular weight excluding hydrogens is 344 g/mol. The molecule has 1 saturated heterocycles. The highest BCUT2D eigenvalue weighted by molar-refractivity contribution is 5.99. The van der Waals surface area contributed by atoms with Crippen molar-refractivity contribution in [2.75, 3.05) is 11.4 Å². The Morgan fingerprint density at radius 2 is 1.96 bits per heavy atom. The van der Waals surface area contributed by atoms with Gasteiger partial charge in [-0.3, -0.25) is 14.4 Å². The first kappa shape index (κ1) is 18.6. The van der Waals surface area contributed by atoms with E-state index < -0.39 is 12.0 Å². The Balaban J connectivity index is 1.82. The van der Waals surface area contributed by atoms with Gasteiger partial charge in [-0.2, -0.15) is 0 Å². The number of nitrogens with zero attached hydrogens (tertiary/aromatic N) is 1. The molecule has 3 rings (SSSR count). The van der Waals surface area contributed by atoms with Crippen molar-refractivity contribution in [3.05, 3.63) is 65.2 Å². The van der Waals surface area contributed by atoms with Crippen molar-refractivity contribution in [2.45, 2.75) is 32.2 Å². The van der Waals surface area contributed by atoms with Crippen LogP contribution in [-0.2, 0) is 9.59 Å². The number of aliphatic carboxylic acids is 1. The Morgan fingerprint density at radius 3 is 2.63 bits per heavy atom. The third-order valence-corrected chi connectivity index (χ3v) is 4.74. The van der Waals surface area contributed by atoms with E-state index in [0.717, 1.165) is 17.5 Å². The van der Waals surface area contributed by atoms with E-state index in [2.05, 4.69) is 5.32 Å². The lowest BCUT2D eigenvalue weighted by molar-refractivity contribution is -0.137. The molecule has 2 N–H and O–H groups in total. The van der Waals surface area contributed by atoms with Gasteiger partial charge in [0.25, 0.3) is 5.91 Å². The smallest absolute Gasteiger partial charge is 0.305 e. The van der Waals surface area contributed by atoms with E-state index in [1.807, 2.05) is 31.2 Å². The second-order valence-electron chi connectivity index (χ2n) is 6.68. The van der Waals surface area contributed by atoms with Gasteiger partial charge in [0.2, 0.25) is 5.91 Å². The van der Waals surface area contributed by atoms with Crippen molar-refractivity contribution in [1.82, 2.24) is 5.32 Å². The first-order valence-corrected chi connectivity index (χ1v) is 8.94. The Morgan fingerprint density at radius 1 is 1.19 bits per heavy atom. The minimum absolute atomic E-state index is 0.0521. The number of carboxylic acid groups (broad SMARTS) is 1. The summed E-state index contributed by atoms with van der Waals surface area (Å²) in [6, 6.07) is 13.6. The molecule has 2 aromatic rings. The summed E-state index contributed by atoms with van der Waals surface area (Å²) in [7, 11) is 0. The molecule has 1 aliphatic rings. The standard InChI is InChI=1S/C21H22N2O4/c1-14-6-2-3-9-17(14)18(13-20(25)26)22-21(27)15-7-4-8-16(12-15)23-11-5-10-19(23)24/h2-4,6-9,12,18H,5,10-11,13H2,1H3,(H,22,27)(H,25,26)/t18-/m1/s1. The molecule has 6 heteroatoms. The summed E-state index contributed by atoms with van der Waals surface area (Å²) in [6.45, 7) is 2.53. The molecule has 27 heavy (non-hydrogen) atoms. The van der Waals surface area contributed by atoms with Gasteiger partial charge in [0.1, 0.15) is 0 Å². The molecule has 0 aliphatic carbocycles. The second kappa shape index (κ2) is 8.03. The van der Waals surface area contributed by atoms with E-state index in [4.69, 9.17) is 0 Å². The molecule has 140 valence electrons. The Hall–Kier alpha value is -3.15. The predicted octanol–water partition coefficient (Wildman–Crippen LogP) is 3.07. The number of carboxylic acids is 1. The lowest BCUT2D eigenvalue weighted by Crippen LogP contribution is -2.31. The molecule has 0 aromatic heterocycles. The zero-order valence-corrected chi connectivity index (χ0v) is 15.1. The van der Waals surface area contributed by atoms with Crippen LogP contribution in [0.2, 0.25) is 0 Å². The number of nitrogens with one attached hydrogen (secondary N) is 1. The number of aryl methyl sites for hydroxylation is 1. The Bertz CT molecular complexity index is 878. The number of carbonyl (C=O) groups is 3. The fourth-order valence-corrected chi connectivity index (χ4v) is 3.37. The van der Waals surface area contributed by atoms with Crippen LogP contribution in [0.15, 0.2) is 48.5 Å². The maximum Gasteiger partial charge on any atom is 0.305 e. The minimum atomic E-state index is -0.986. The van der Waals surface area contributed by atoms with Crippen LogP contribution in [0.25, 0.3) is 0 Å². The topological polar surface area (TPSA) is 86.7 Å². The van der Waals surface area contributed by atoms with Crippen LogP contribution < -0.4 is 10.2 Å². The molecule has 0 saturated carbocycles. The lowest BCUT2D eigenvalue weighted by atomic mass is 9.98. The number of hydrogen-bond acceptors (Lipinski definition) is 3. The molecule has 0 bridgehead atoms. The largest absolute Gasteiger partial charge is 0.481 e. The predicted molar refractivity (Wildman–Crippen MR) is 102 cm³/mol. The normalized spacial score (nSPS) is 14.9. The molecule has 0 radical (unpaired) electrons. The van der Waals surface area contributed by atoms with Gasteiger partial charge in [0.15, 0.2) is 0 Å². The highest BCUT2D eigenvalue weighted by Crippen LogP contribution is 2.24. The number of amides is 2. The highest BCUT2D eigenvalue weighted by Gasteiger charge is 2.24. The van der Waals surface area contributed by atoms with Gasteiger partial charge in [0.05, 0.1) is 12.5 Å². The zero-order valence-electron chi connectivity index (χ0n) is 15.1. The van der Waals surface area contributed by atoms with Crippen molar-refractivity contribution in [3.63, 3.8) is 0 Å². The van der Waals surface area contributed by atoms with Gasteiger partial charge in [-0.15, -0.1) is 0 Å². The fourth-order valence-electron chi connectivity index (χ4n) is 3.37. The van der Waals surface area contributed by atoms with Crippen LogP contribution in [0.3, 0.4) is 0 Å². The fraction of sp³-hybridized carbons (Fsp3) is 0.286. The first-order chi connectivity index (χ1) is 13.0. The van der Waals surface area contributed by atoms with Gasteiger partial charge < -0.3 is 15.3 Å². The molecule has 0 unspecified atom stereocenters. The molecule has 2 amide bonds. The van der Waals surface area contributed by atoms with E-state index in [1.54, 1.807) is 29.2 Å². The van der Waals surface area contributed by atoms with Gasteiger partial charge in [-0.25, -0.2) is 0 Å². The van der Waals surface area contributed by atoms with Crippen molar-refractivity contribution >= 4 is 23.5 Å². The second-order valence-corrected chi connectivity index (χ2v) is 6.68. The molecule has 1 fully saturated rings. The average Bonchev–Trinajstić information content (AvgIpc) is 3.07. The summed E-state index contributed by atoms with van der Waals surface area (Å²) in [5.41, 5.74) is 2.78. The van der Waals surface area contributed by atoms with Crippen LogP contribution in [0, 0.1) is 6.92 Å². The first-order valence-electron chi connectivity index (χ1n) is 8.94. The number of carbonyl (C=O) groups excluding carboxylic acids is 2. The maximum atomic E-state index is 12.8. The summed E-state index contributed by atoms with van der Waals surface area (Å²) in [5, 5.41) is 12.1. The minimum Gasteiger partial charge on any atom is -0.481 e. The number of benzene rings is 2. The van der Waals surface area contributed by atoms with E-state index in [9.17, 15) is 19.5 Å². The lowest BCUT2D eigenvalue weighted by Gasteiger charge is -2.20. The van der Waals surface area contributed by atoms with Crippen molar-refractivity contribution in [1.29, 1.82) is 0 Å². The summed E-state index contributed by atoms with van der Waals surface area (Å²) in [6.07, 6.45) is 1.12. The number of anilines is 1. The quantitative estimate of drug-likeness (QED) is 0.823. The Labute approximate surface area is 157 Å². The van der Waals surface area contributed by atoms with Crippen molar-refractivity contribution in [2.24, 2.45) is 0 Å². The van der Waals surface area contributed by atoms with Gasteiger partial charge in [-0.1, -0.05) is 30.3 Å². The number of hydrogen-bond donors (Lipinski definition) is 2. The van der Waals surface area contributed by atoms with Gasteiger partial charge in [-0.05, 0) is 42.7 Å². The molecule has 2 aromatic carbocycles. The van der Waals surface area contributed by atoms with Crippen LogP contribution in [0.4, 0.5) is 5.69 Å². The molecule has 1 aliphatic heterocycles. The number of rotatable bonds is 6. The molecule has 1 atom stereocenters. The molecule has 6 nitrogen and oxygen atoms in total. The van der Waals surface area contributed by atoms with Crippen molar-refractivity contribution < 1.29 is 19.5 Å². The van der Waals surface area contributed by atoms with Crippen LogP contribution in [-0.4, -0.2) is 29.4 Å². The summed E-state index contributed by atoms with van der Waals surface area (Å²) < 4.78 is 0. The molecule has 0 spiro atoms. The zero-order chi connectivity index (χ0) is 19.4. The van der Waals surface area contributed by atoms with Gasteiger partial charge >= 0.3 is 5.97 Å². The van der Waals surface area contributed by atoms with Crippen LogP contribution in [0.1, 0.15) is 46.8 Å². The monoisotopic (exact) mass is 366 g/mol. The van der Waals surface area contributed by atoms with Crippen LogP contribution in [0.5, 0.6) is 0 Å². The Kier molecular flexibility index (Phi) is 5.54. The average molecular weight is 366 g/mol. The summed E-state index contributed by atoms with van der Waals surface area (Å²) in [5.74, 6) is -1.30. The summed E-state index contributed by atoms with van der Waals surface area (Å²) in [4.78, 5) is 37.7. The van der Waals surface area contributed by atoms with Gasteiger partial charge in [0, 0.05) is 24.2 Å². The van der Waals surface area contributed by atoms with Crippen LogP contribution >= 0.6 is 0 Å². The van der Waals surface area contributed by atoms with Crippen molar-refractivity contribution in [3.8, 4) is 0 Å².